The van der Waals surface area contributed by atoms with Crippen LogP contribution in [0.5, 0.6) is 0 Å². The first-order valence-corrected chi connectivity index (χ1v) is 5.44. The highest BCUT2D eigenvalue weighted by Gasteiger charge is 2.20. The van der Waals surface area contributed by atoms with Crippen molar-refractivity contribution in [3.8, 4) is 0 Å². The predicted molar refractivity (Wildman–Crippen MR) is 58.9 cm³/mol. The van der Waals surface area contributed by atoms with Gasteiger partial charge in [-0.2, -0.15) is 0 Å². The van der Waals surface area contributed by atoms with E-state index in [1.54, 1.807) is 0 Å². The van der Waals surface area contributed by atoms with Crippen LogP contribution in [0.2, 0.25) is 0 Å². The van der Waals surface area contributed by atoms with Crippen molar-refractivity contribution >= 4 is 5.69 Å². The van der Waals surface area contributed by atoms with E-state index in [0.717, 1.165) is 32.2 Å². The van der Waals surface area contributed by atoms with E-state index in [0.29, 0.717) is 0 Å². The number of hydrogen-bond donors (Lipinski definition) is 2. The first kappa shape index (κ1) is 12.2. The number of rotatable bonds is 2. The van der Waals surface area contributed by atoms with Crippen molar-refractivity contribution in [3.05, 3.63) is 29.1 Å². The molecule has 0 amide bonds. The number of hydrogen-bond acceptors (Lipinski definition) is 3. The Morgan fingerprint density at radius 3 is 2.47 bits per heavy atom. The molecule has 1 aliphatic rings. The zero-order chi connectivity index (χ0) is 12.4. The molecule has 0 aromatic heterocycles. The Morgan fingerprint density at radius 1 is 1.18 bits per heavy atom. The summed E-state index contributed by atoms with van der Waals surface area (Å²) in [5, 5.41) is 3.15. The summed E-state index contributed by atoms with van der Waals surface area (Å²) in [6.45, 7) is 3.27. The number of nitrogens with one attached hydrogen (secondary N) is 1. The molecule has 2 rings (SSSR count). The van der Waals surface area contributed by atoms with Crippen LogP contribution in [-0.4, -0.2) is 31.1 Å². The average molecular weight is 245 g/mol. The Morgan fingerprint density at radius 2 is 1.82 bits per heavy atom. The standard InChI is InChI=1S/C11H14F3N3/c12-8-5-9(15)7(10(13)11(8)14)6-17-3-1-16-2-4-17/h5,16H,1-4,6,15H2. The van der Waals surface area contributed by atoms with E-state index >= 15 is 0 Å². The lowest BCUT2D eigenvalue weighted by Gasteiger charge is -2.27. The van der Waals surface area contributed by atoms with Crippen LogP contribution in [-0.2, 0) is 6.54 Å². The van der Waals surface area contributed by atoms with Crippen molar-refractivity contribution in [1.29, 1.82) is 0 Å². The van der Waals surface area contributed by atoms with Crippen LogP contribution in [0, 0.1) is 17.5 Å². The SMILES string of the molecule is Nc1cc(F)c(F)c(F)c1CN1CCNCC1. The van der Waals surface area contributed by atoms with Crippen LogP contribution in [0.1, 0.15) is 5.56 Å². The number of anilines is 1. The molecule has 6 heteroatoms. The third kappa shape index (κ3) is 2.53. The van der Waals surface area contributed by atoms with E-state index in [4.69, 9.17) is 5.73 Å². The van der Waals surface area contributed by atoms with Crippen LogP contribution in [0.3, 0.4) is 0 Å². The summed E-state index contributed by atoms with van der Waals surface area (Å²) in [6, 6.07) is 0.829. The van der Waals surface area contributed by atoms with Crippen LogP contribution >= 0.6 is 0 Å². The number of nitrogen functional groups attached to an aromatic ring is 1. The van der Waals surface area contributed by atoms with Crippen LogP contribution < -0.4 is 11.1 Å². The van der Waals surface area contributed by atoms with Gasteiger partial charge in [0.2, 0.25) is 0 Å². The van der Waals surface area contributed by atoms with Gasteiger partial charge in [-0.05, 0) is 0 Å². The van der Waals surface area contributed by atoms with E-state index in [2.05, 4.69) is 5.32 Å². The summed E-state index contributed by atoms with van der Waals surface area (Å²) in [5.74, 6) is -3.88. The van der Waals surface area contributed by atoms with Gasteiger partial charge in [0.15, 0.2) is 17.5 Å². The summed E-state index contributed by atoms with van der Waals surface area (Å²) < 4.78 is 39.5. The largest absolute Gasteiger partial charge is 0.398 e. The lowest BCUT2D eigenvalue weighted by molar-refractivity contribution is 0.229. The number of piperazine rings is 1. The highest BCUT2D eigenvalue weighted by Crippen LogP contribution is 2.23. The summed E-state index contributed by atoms with van der Waals surface area (Å²) in [5.41, 5.74) is 5.51. The fourth-order valence-electron chi connectivity index (χ4n) is 1.90. The minimum absolute atomic E-state index is 0.0331. The molecule has 3 N–H and O–H groups in total. The lowest BCUT2D eigenvalue weighted by atomic mass is 10.1. The van der Waals surface area contributed by atoms with Gasteiger partial charge in [-0.3, -0.25) is 4.90 Å². The fraction of sp³-hybridized carbons (Fsp3) is 0.455. The third-order valence-electron chi connectivity index (χ3n) is 2.89. The second-order valence-electron chi connectivity index (χ2n) is 4.08. The smallest absolute Gasteiger partial charge is 0.194 e. The molecule has 1 fully saturated rings. The fourth-order valence-corrected chi connectivity index (χ4v) is 1.90. The molecule has 0 saturated carbocycles. The molecule has 3 nitrogen and oxygen atoms in total. The number of nitrogens with zero attached hydrogens (tertiary/aromatic N) is 1. The summed E-state index contributed by atoms with van der Waals surface area (Å²) >= 11 is 0. The van der Waals surface area contributed by atoms with Crippen molar-refractivity contribution in [2.75, 3.05) is 31.9 Å². The Kier molecular flexibility index (Phi) is 3.54. The molecule has 17 heavy (non-hydrogen) atoms. The van der Waals surface area contributed by atoms with E-state index < -0.39 is 17.5 Å². The molecule has 1 aliphatic heterocycles. The van der Waals surface area contributed by atoms with Crippen molar-refractivity contribution in [2.45, 2.75) is 6.54 Å². The van der Waals surface area contributed by atoms with E-state index in [1.807, 2.05) is 4.90 Å². The summed E-state index contributed by atoms with van der Waals surface area (Å²) in [7, 11) is 0. The monoisotopic (exact) mass is 245 g/mol. The minimum Gasteiger partial charge on any atom is -0.398 e. The Balaban J connectivity index is 2.22. The van der Waals surface area contributed by atoms with Gasteiger partial charge in [-0.1, -0.05) is 0 Å². The van der Waals surface area contributed by atoms with E-state index in [-0.39, 0.29) is 17.8 Å². The molecule has 0 bridgehead atoms. The molecule has 94 valence electrons. The van der Waals surface area contributed by atoms with E-state index in [1.165, 1.54) is 0 Å². The Labute approximate surface area is 97.4 Å². The van der Waals surface area contributed by atoms with Gasteiger partial charge in [0, 0.05) is 50.0 Å². The molecular formula is C11H14F3N3. The van der Waals surface area contributed by atoms with Crippen molar-refractivity contribution in [2.24, 2.45) is 0 Å². The number of benzene rings is 1. The zero-order valence-corrected chi connectivity index (χ0v) is 9.27. The highest BCUT2D eigenvalue weighted by atomic mass is 19.2. The maximum Gasteiger partial charge on any atom is 0.194 e. The Bertz CT molecular complexity index is 417. The highest BCUT2D eigenvalue weighted by molar-refractivity contribution is 5.48. The summed E-state index contributed by atoms with van der Waals surface area (Å²) in [6.07, 6.45) is 0. The quantitative estimate of drug-likeness (QED) is 0.605. The third-order valence-corrected chi connectivity index (χ3v) is 2.89. The summed E-state index contributed by atoms with van der Waals surface area (Å²) in [4.78, 5) is 1.95. The molecule has 0 radical (unpaired) electrons. The first-order chi connectivity index (χ1) is 8.09. The van der Waals surface area contributed by atoms with Gasteiger partial charge in [0.25, 0.3) is 0 Å². The van der Waals surface area contributed by atoms with Crippen LogP contribution in [0.25, 0.3) is 0 Å². The number of halogens is 3. The molecular weight excluding hydrogens is 231 g/mol. The predicted octanol–water partition coefficient (Wildman–Crippen LogP) is 1.09. The first-order valence-electron chi connectivity index (χ1n) is 5.44. The maximum absolute atomic E-state index is 13.5. The van der Waals surface area contributed by atoms with Gasteiger partial charge in [-0.15, -0.1) is 0 Å². The van der Waals surface area contributed by atoms with Crippen LogP contribution in [0.4, 0.5) is 18.9 Å². The molecule has 0 aliphatic carbocycles. The zero-order valence-electron chi connectivity index (χ0n) is 9.27. The second kappa shape index (κ2) is 4.93. The topological polar surface area (TPSA) is 41.3 Å². The molecule has 0 spiro atoms. The molecule has 1 heterocycles. The number of nitrogens with two attached hydrogens (primary N) is 1. The molecule has 0 unspecified atom stereocenters. The van der Waals surface area contributed by atoms with Gasteiger partial charge >= 0.3 is 0 Å². The molecule has 1 aromatic carbocycles. The minimum atomic E-state index is -1.45. The van der Waals surface area contributed by atoms with Crippen molar-refractivity contribution < 1.29 is 13.2 Å². The molecule has 1 saturated heterocycles. The average Bonchev–Trinajstić information content (AvgIpc) is 2.33. The maximum atomic E-state index is 13.5. The van der Waals surface area contributed by atoms with Crippen molar-refractivity contribution in [3.63, 3.8) is 0 Å². The van der Waals surface area contributed by atoms with Gasteiger partial charge in [-0.25, -0.2) is 13.2 Å². The van der Waals surface area contributed by atoms with Gasteiger partial charge in [0.05, 0.1) is 0 Å². The Hall–Kier alpha value is -1.27. The molecule has 0 atom stereocenters. The second-order valence-corrected chi connectivity index (χ2v) is 4.08. The van der Waals surface area contributed by atoms with Gasteiger partial charge < -0.3 is 11.1 Å². The normalized spacial score (nSPS) is 17.4. The van der Waals surface area contributed by atoms with Gasteiger partial charge in [0.1, 0.15) is 0 Å². The lowest BCUT2D eigenvalue weighted by Crippen LogP contribution is -2.43. The van der Waals surface area contributed by atoms with Crippen LogP contribution in [0.15, 0.2) is 6.07 Å². The van der Waals surface area contributed by atoms with Crippen molar-refractivity contribution in [1.82, 2.24) is 10.2 Å². The van der Waals surface area contributed by atoms with E-state index in [9.17, 15) is 13.2 Å². The molecule has 1 aromatic rings.